The number of hydrogen-bond donors (Lipinski definition) is 3. The van der Waals surface area contributed by atoms with Crippen LogP contribution in [-0.2, 0) is 9.59 Å². The molecule has 0 bridgehead atoms. The molecule has 0 radical (unpaired) electrons. The van der Waals surface area contributed by atoms with E-state index in [9.17, 15) is 9.59 Å². The van der Waals surface area contributed by atoms with Gasteiger partial charge in [-0.1, -0.05) is 13.8 Å². The largest absolute Gasteiger partial charge is 0.356 e. The van der Waals surface area contributed by atoms with Gasteiger partial charge in [0.2, 0.25) is 11.8 Å². The topological polar surface area (TPSA) is 70.2 Å². The van der Waals surface area contributed by atoms with Gasteiger partial charge >= 0.3 is 0 Å². The molecule has 3 N–H and O–H groups in total. The Kier molecular flexibility index (Phi) is 6.72. The van der Waals surface area contributed by atoms with Crippen molar-refractivity contribution in [2.24, 2.45) is 5.92 Å². The van der Waals surface area contributed by atoms with Crippen LogP contribution in [0.2, 0.25) is 0 Å². The van der Waals surface area contributed by atoms with Gasteiger partial charge in [0, 0.05) is 32.0 Å². The summed E-state index contributed by atoms with van der Waals surface area (Å²) in [6.07, 6.45) is 3.20. The van der Waals surface area contributed by atoms with Crippen LogP contribution in [0.15, 0.2) is 0 Å². The molecule has 5 heteroatoms. The predicted molar refractivity (Wildman–Crippen MR) is 71.1 cm³/mol. The highest BCUT2D eigenvalue weighted by atomic mass is 16.2. The third-order valence-electron chi connectivity index (χ3n) is 2.98. The summed E-state index contributed by atoms with van der Waals surface area (Å²) < 4.78 is 0. The summed E-state index contributed by atoms with van der Waals surface area (Å²) in [6.45, 7) is 6.17. The molecule has 104 valence electrons. The normalized spacial score (nSPS) is 18.9. The fraction of sp³-hybridized carbons (Fsp3) is 0.846. The third kappa shape index (κ3) is 6.59. The Morgan fingerprint density at radius 2 is 2.06 bits per heavy atom. The molecule has 1 aliphatic rings. The van der Waals surface area contributed by atoms with Gasteiger partial charge in [-0.3, -0.25) is 9.59 Å². The summed E-state index contributed by atoms with van der Waals surface area (Å²) in [7, 11) is 0. The van der Waals surface area contributed by atoms with E-state index in [1.807, 2.05) is 13.8 Å². The van der Waals surface area contributed by atoms with E-state index in [1.54, 1.807) is 0 Å². The van der Waals surface area contributed by atoms with E-state index in [4.69, 9.17) is 0 Å². The van der Waals surface area contributed by atoms with Crippen molar-refractivity contribution in [2.45, 2.75) is 45.6 Å². The Morgan fingerprint density at radius 1 is 1.28 bits per heavy atom. The Hall–Kier alpha value is -1.10. The van der Waals surface area contributed by atoms with E-state index >= 15 is 0 Å². The van der Waals surface area contributed by atoms with Gasteiger partial charge in [-0.15, -0.1) is 0 Å². The van der Waals surface area contributed by atoms with Crippen molar-refractivity contribution >= 4 is 11.8 Å². The number of hydrogen-bond acceptors (Lipinski definition) is 3. The van der Waals surface area contributed by atoms with E-state index in [0.717, 1.165) is 13.0 Å². The van der Waals surface area contributed by atoms with Crippen molar-refractivity contribution in [2.75, 3.05) is 19.6 Å². The molecule has 1 atom stereocenters. The fourth-order valence-electron chi connectivity index (χ4n) is 2.01. The summed E-state index contributed by atoms with van der Waals surface area (Å²) in [4.78, 5) is 22.9. The molecule has 18 heavy (non-hydrogen) atoms. The minimum atomic E-state index is 0.00791. The van der Waals surface area contributed by atoms with Crippen LogP contribution in [0.1, 0.15) is 39.5 Å². The zero-order valence-electron chi connectivity index (χ0n) is 11.4. The number of carbonyl (C=O) groups is 2. The molecule has 1 unspecified atom stereocenters. The Morgan fingerprint density at radius 3 is 2.67 bits per heavy atom. The molecular weight excluding hydrogens is 230 g/mol. The quantitative estimate of drug-likeness (QED) is 0.617. The second kappa shape index (κ2) is 8.08. The van der Waals surface area contributed by atoms with Crippen LogP contribution in [0.25, 0.3) is 0 Å². The fourth-order valence-corrected chi connectivity index (χ4v) is 2.01. The van der Waals surface area contributed by atoms with Crippen molar-refractivity contribution in [1.29, 1.82) is 0 Å². The summed E-state index contributed by atoms with van der Waals surface area (Å²) in [5.41, 5.74) is 0. The van der Waals surface area contributed by atoms with Crippen molar-refractivity contribution in [3.05, 3.63) is 0 Å². The minimum Gasteiger partial charge on any atom is -0.356 e. The van der Waals surface area contributed by atoms with E-state index in [1.165, 1.54) is 6.42 Å². The molecule has 1 heterocycles. The average molecular weight is 255 g/mol. The van der Waals surface area contributed by atoms with Gasteiger partial charge in [-0.25, -0.2) is 0 Å². The second-order valence-corrected chi connectivity index (χ2v) is 5.30. The molecule has 0 aromatic rings. The van der Waals surface area contributed by atoms with Crippen LogP contribution in [0.4, 0.5) is 0 Å². The maximum absolute atomic E-state index is 11.5. The van der Waals surface area contributed by atoms with E-state index < -0.39 is 0 Å². The van der Waals surface area contributed by atoms with Crippen LogP contribution >= 0.6 is 0 Å². The first-order valence-corrected chi connectivity index (χ1v) is 6.84. The van der Waals surface area contributed by atoms with E-state index in [0.29, 0.717) is 37.9 Å². The summed E-state index contributed by atoms with van der Waals surface area (Å²) in [5, 5.41) is 8.97. The van der Waals surface area contributed by atoms with Crippen LogP contribution in [0, 0.1) is 5.92 Å². The monoisotopic (exact) mass is 255 g/mol. The van der Waals surface area contributed by atoms with Gasteiger partial charge < -0.3 is 16.0 Å². The number of rotatable bonds is 7. The highest BCUT2D eigenvalue weighted by Gasteiger charge is 2.14. The first-order chi connectivity index (χ1) is 8.58. The zero-order chi connectivity index (χ0) is 13.4. The van der Waals surface area contributed by atoms with E-state index in [2.05, 4.69) is 16.0 Å². The lowest BCUT2D eigenvalue weighted by molar-refractivity contribution is -0.122. The van der Waals surface area contributed by atoms with E-state index in [-0.39, 0.29) is 11.8 Å². The molecule has 2 amide bonds. The molecule has 0 aliphatic carbocycles. The molecule has 0 spiro atoms. The molecular formula is C13H25N3O2. The molecule has 0 saturated carbocycles. The summed E-state index contributed by atoms with van der Waals surface area (Å²) in [6, 6.07) is 0.421. The lowest BCUT2D eigenvalue weighted by Crippen LogP contribution is -2.38. The minimum absolute atomic E-state index is 0.00791. The van der Waals surface area contributed by atoms with Gasteiger partial charge in [0.25, 0.3) is 0 Å². The zero-order valence-corrected chi connectivity index (χ0v) is 11.4. The van der Waals surface area contributed by atoms with Gasteiger partial charge in [-0.05, 0) is 25.3 Å². The molecule has 1 rings (SSSR count). The molecule has 0 aromatic heterocycles. The number of nitrogens with one attached hydrogen (secondary N) is 3. The lowest BCUT2D eigenvalue weighted by atomic mass is 10.1. The Balaban J connectivity index is 2.00. The number of carbonyl (C=O) groups excluding carboxylic acids is 2. The van der Waals surface area contributed by atoms with Crippen LogP contribution in [0.3, 0.4) is 0 Å². The lowest BCUT2D eigenvalue weighted by Gasteiger charge is -2.11. The smallest absolute Gasteiger partial charge is 0.221 e. The van der Waals surface area contributed by atoms with Gasteiger partial charge in [0.15, 0.2) is 0 Å². The second-order valence-electron chi connectivity index (χ2n) is 5.30. The molecule has 1 saturated heterocycles. The average Bonchev–Trinajstić information content (AvgIpc) is 2.78. The van der Waals surface area contributed by atoms with Gasteiger partial charge in [0.1, 0.15) is 0 Å². The first-order valence-electron chi connectivity index (χ1n) is 6.84. The predicted octanol–water partition coefficient (Wildman–Crippen LogP) is 0.407. The standard InChI is InChI=1S/C13H25N3O2/c1-10(2)8-13(18)15-7-5-12(17)16-9-11-4-3-6-14-11/h10-11,14H,3-9H2,1-2H3,(H,15,18)(H,16,17). The highest BCUT2D eigenvalue weighted by molar-refractivity contribution is 5.79. The van der Waals surface area contributed by atoms with Crippen molar-refractivity contribution in [3.63, 3.8) is 0 Å². The number of amides is 2. The molecule has 5 nitrogen and oxygen atoms in total. The van der Waals surface area contributed by atoms with Crippen molar-refractivity contribution in [1.82, 2.24) is 16.0 Å². The van der Waals surface area contributed by atoms with Gasteiger partial charge in [0.05, 0.1) is 0 Å². The van der Waals surface area contributed by atoms with Crippen molar-refractivity contribution < 1.29 is 9.59 Å². The third-order valence-corrected chi connectivity index (χ3v) is 2.98. The SMILES string of the molecule is CC(C)CC(=O)NCCC(=O)NCC1CCCN1. The molecule has 1 fully saturated rings. The first kappa shape index (κ1) is 15.0. The maximum atomic E-state index is 11.5. The Labute approximate surface area is 109 Å². The summed E-state index contributed by atoms with van der Waals surface area (Å²) >= 11 is 0. The van der Waals surface area contributed by atoms with Crippen LogP contribution in [-0.4, -0.2) is 37.5 Å². The Bertz CT molecular complexity index is 273. The van der Waals surface area contributed by atoms with Crippen molar-refractivity contribution in [3.8, 4) is 0 Å². The maximum Gasteiger partial charge on any atom is 0.221 e. The van der Waals surface area contributed by atoms with Crippen LogP contribution < -0.4 is 16.0 Å². The molecule has 1 aliphatic heterocycles. The van der Waals surface area contributed by atoms with Crippen LogP contribution in [0.5, 0.6) is 0 Å². The molecule has 0 aromatic carbocycles. The van der Waals surface area contributed by atoms with Gasteiger partial charge in [-0.2, -0.15) is 0 Å². The summed E-state index contributed by atoms with van der Waals surface area (Å²) in [5.74, 6) is 0.385. The highest BCUT2D eigenvalue weighted by Crippen LogP contribution is 2.03.